The quantitative estimate of drug-likeness (QED) is 0.792. The van der Waals surface area contributed by atoms with Crippen molar-refractivity contribution >= 4 is 29.0 Å². The molecule has 1 aromatic carbocycles. The first-order chi connectivity index (χ1) is 13.7. The van der Waals surface area contributed by atoms with E-state index in [2.05, 4.69) is 15.2 Å². The molecule has 156 valence electrons. The van der Waals surface area contributed by atoms with Crippen LogP contribution in [-0.2, 0) is 11.0 Å². The van der Waals surface area contributed by atoms with E-state index in [1.54, 1.807) is 24.3 Å². The van der Waals surface area contributed by atoms with E-state index < -0.39 is 11.7 Å². The number of rotatable bonds is 4. The largest absolute Gasteiger partial charge is 0.417 e. The second-order valence-corrected chi connectivity index (χ2v) is 7.39. The molecule has 1 unspecified atom stereocenters. The monoisotopic (exact) mass is 426 g/mol. The molecule has 1 aliphatic rings. The fourth-order valence-electron chi connectivity index (χ4n) is 3.27. The molecule has 0 aliphatic carbocycles. The first kappa shape index (κ1) is 21.4. The number of alkyl halides is 3. The standard InChI is InChI=1S/C20H22ClF3N4O/c1-14(19(29)26-17-5-2-4-16(21)12-17)27-8-3-9-28(11-10-27)18-7-6-15(13-25-18)20(22,23)24/h2,4-7,12-14H,3,8-11H2,1H3,(H,26,29). The van der Waals surface area contributed by atoms with Gasteiger partial charge in [-0.2, -0.15) is 13.2 Å². The summed E-state index contributed by atoms with van der Waals surface area (Å²) in [6, 6.07) is 9.06. The molecule has 0 saturated carbocycles. The van der Waals surface area contributed by atoms with E-state index in [9.17, 15) is 18.0 Å². The average molecular weight is 427 g/mol. The molecular formula is C20H22ClF3N4O. The summed E-state index contributed by atoms with van der Waals surface area (Å²) in [6.07, 6.45) is -2.76. The van der Waals surface area contributed by atoms with Crippen LogP contribution in [0.15, 0.2) is 42.6 Å². The van der Waals surface area contributed by atoms with Gasteiger partial charge in [-0.3, -0.25) is 9.69 Å². The maximum absolute atomic E-state index is 12.7. The first-order valence-corrected chi connectivity index (χ1v) is 9.70. The molecule has 1 amide bonds. The van der Waals surface area contributed by atoms with E-state index >= 15 is 0 Å². The van der Waals surface area contributed by atoms with Crippen molar-refractivity contribution in [2.24, 2.45) is 0 Å². The molecule has 2 heterocycles. The Kier molecular flexibility index (Phi) is 6.64. The topological polar surface area (TPSA) is 48.5 Å². The van der Waals surface area contributed by atoms with E-state index in [0.717, 1.165) is 18.7 Å². The van der Waals surface area contributed by atoms with Crippen molar-refractivity contribution in [3.8, 4) is 0 Å². The van der Waals surface area contributed by atoms with Crippen molar-refractivity contribution in [3.63, 3.8) is 0 Å². The number of pyridine rings is 1. The molecule has 5 nitrogen and oxygen atoms in total. The number of carbonyl (C=O) groups is 1. The second kappa shape index (κ2) is 9.00. The molecule has 9 heteroatoms. The Hall–Kier alpha value is -2.32. The third kappa shape index (κ3) is 5.61. The molecule has 1 saturated heterocycles. The fourth-order valence-corrected chi connectivity index (χ4v) is 3.46. The van der Waals surface area contributed by atoms with Crippen molar-refractivity contribution in [1.82, 2.24) is 9.88 Å². The number of nitrogens with zero attached hydrogens (tertiary/aromatic N) is 3. The van der Waals surface area contributed by atoms with Crippen LogP contribution in [-0.4, -0.2) is 48.0 Å². The van der Waals surface area contributed by atoms with Gasteiger partial charge >= 0.3 is 6.18 Å². The van der Waals surface area contributed by atoms with Crippen LogP contribution < -0.4 is 10.2 Å². The number of halogens is 4. The molecule has 3 rings (SSSR count). The van der Waals surface area contributed by atoms with Crippen molar-refractivity contribution in [2.75, 3.05) is 36.4 Å². The SMILES string of the molecule is CC(C(=O)Nc1cccc(Cl)c1)N1CCCN(c2ccc(C(F)(F)F)cn2)CC1. The minimum Gasteiger partial charge on any atom is -0.355 e. The van der Waals surface area contributed by atoms with Gasteiger partial charge in [0.2, 0.25) is 5.91 Å². The van der Waals surface area contributed by atoms with Gasteiger partial charge in [0.15, 0.2) is 0 Å². The van der Waals surface area contributed by atoms with Gasteiger partial charge in [-0.05, 0) is 43.7 Å². The van der Waals surface area contributed by atoms with Gasteiger partial charge in [0.25, 0.3) is 0 Å². The molecule has 1 N–H and O–H groups in total. The third-order valence-corrected chi connectivity index (χ3v) is 5.18. The number of hydrogen-bond acceptors (Lipinski definition) is 4. The molecule has 0 bridgehead atoms. The van der Waals surface area contributed by atoms with Gasteiger partial charge in [0.05, 0.1) is 11.6 Å². The van der Waals surface area contributed by atoms with Gasteiger partial charge < -0.3 is 10.2 Å². The molecule has 2 aromatic rings. The minimum absolute atomic E-state index is 0.131. The van der Waals surface area contributed by atoms with Gasteiger partial charge in [-0.15, -0.1) is 0 Å². The van der Waals surface area contributed by atoms with Crippen molar-refractivity contribution in [1.29, 1.82) is 0 Å². The Morgan fingerprint density at radius 2 is 1.97 bits per heavy atom. The van der Waals surface area contributed by atoms with E-state index in [4.69, 9.17) is 11.6 Å². The lowest BCUT2D eigenvalue weighted by Gasteiger charge is -2.27. The average Bonchev–Trinajstić information content (AvgIpc) is 2.93. The summed E-state index contributed by atoms with van der Waals surface area (Å²) in [7, 11) is 0. The third-order valence-electron chi connectivity index (χ3n) is 4.95. The number of anilines is 2. The van der Waals surface area contributed by atoms with Crippen LogP contribution in [0.2, 0.25) is 5.02 Å². The molecule has 1 fully saturated rings. The Labute approximate surface area is 172 Å². The number of nitrogens with one attached hydrogen (secondary N) is 1. The molecule has 0 radical (unpaired) electrons. The fraction of sp³-hybridized carbons (Fsp3) is 0.400. The number of aromatic nitrogens is 1. The smallest absolute Gasteiger partial charge is 0.355 e. The van der Waals surface area contributed by atoms with Crippen LogP contribution in [0.25, 0.3) is 0 Å². The Morgan fingerprint density at radius 1 is 1.17 bits per heavy atom. The zero-order valence-corrected chi connectivity index (χ0v) is 16.7. The van der Waals surface area contributed by atoms with Crippen LogP contribution in [0, 0.1) is 0 Å². The Bertz CT molecular complexity index is 844. The van der Waals surface area contributed by atoms with Crippen LogP contribution >= 0.6 is 11.6 Å². The van der Waals surface area contributed by atoms with Crippen LogP contribution in [0.1, 0.15) is 18.9 Å². The van der Waals surface area contributed by atoms with E-state index in [1.165, 1.54) is 6.07 Å². The summed E-state index contributed by atoms with van der Waals surface area (Å²) in [5, 5.41) is 3.41. The Balaban J connectivity index is 1.59. The number of benzene rings is 1. The summed E-state index contributed by atoms with van der Waals surface area (Å²) in [6.45, 7) is 4.39. The predicted octanol–water partition coefficient (Wildman–Crippen LogP) is 4.29. The maximum Gasteiger partial charge on any atom is 0.417 e. The van der Waals surface area contributed by atoms with Gasteiger partial charge in [-0.25, -0.2) is 4.98 Å². The lowest BCUT2D eigenvalue weighted by molar-refractivity contribution is -0.137. The highest BCUT2D eigenvalue weighted by Gasteiger charge is 2.31. The minimum atomic E-state index is -4.40. The van der Waals surface area contributed by atoms with Crippen LogP contribution in [0.5, 0.6) is 0 Å². The normalized spacial score (nSPS) is 16.9. The number of hydrogen-bond donors (Lipinski definition) is 1. The zero-order chi connectivity index (χ0) is 21.0. The summed E-state index contributed by atoms with van der Waals surface area (Å²) >= 11 is 5.95. The number of amides is 1. The van der Waals surface area contributed by atoms with E-state index in [-0.39, 0.29) is 11.9 Å². The molecule has 1 aliphatic heterocycles. The van der Waals surface area contributed by atoms with Crippen molar-refractivity contribution in [3.05, 3.63) is 53.2 Å². The molecule has 29 heavy (non-hydrogen) atoms. The molecular weight excluding hydrogens is 405 g/mol. The van der Waals surface area contributed by atoms with Crippen LogP contribution in [0.3, 0.4) is 0 Å². The summed E-state index contributed by atoms with van der Waals surface area (Å²) in [5.74, 6) is 0.379. The van der Waals surface area contributed by atoms with Crippen molar-refractivity contribution < 1.29 is 18.0 Å². The van der Waals surface area contributed by atoms with Gasteiger partial charge in [-0.1, -0.05) is 17.7 Å². The zero-order valence-electron chi connectivity index (χ0n) is 15.9. The summed E-state index contributed by atoms with van der Waals surface area (Å²) < 4.78 is 38.1. The van der Waals surface area contributed by atoms with Gasteiger partial charge in [0, 0.05) is 43.1 Å². The summed E-state index contributed by atoms with van der Waals surface area (Å²) in [4.78, 5) is 20.6. The first-order valence-electron chi connectivity index (χ1n) is 9.33. The number of carbonyl (C=O) groups excluding carboxylic acids is 1. The van der Waals surface area contributed by atoms with Gasteiger partial charge in [0.1, 0.15) is 5.82 Å². The second-order valence-electron chi connectivity index (χ2n) is 6.95. The molecule has 1 aromatic heterocycles. The lowest BCUT2D eigenvalue weighted by atomic mass is 10.2. The highest BCUT2D eigenvalue weighted by Crippen LogP contribution is 2.29. The molecule has 1 atom stereocenters. The highest BCUT2D eigenvalue weighted by molar-refractivity contribution is 6.30. The maximum atomic E-state index is 12.7. The highest BCUT2D eigenvalue weighted by atomic mass is 35.5. The van der Waals surface area contributed by atoms with E-state index in [0.29, 0.717) is 42.7 Å². The van der Waals surface area contributed by atoms with E-state index in [1.807, 2.05) is 11.8 Å². The lowest BCUT2D eigenvalue weighted by Crippen LogP contribution is -2.44. The molecule has 0 spiro atoms. The predicted molar refractivity (Wildman–Crippen MR) is 107 cm³/mol. The van der Waals surface area contributed by atoms with Crippen molar-refractivity contribution in [2.45, 2.75) is 25.6 Å². The summed E-state index contributed by atoms with van der Waals surface area (Å²) in [5.41, 5.74) is -0.122. The Morgan fingerprint density at radius 3 is 2.62 bits per heavy atom. The van der Waals surface area contributed by atoms with Crippen LogP contribution in [0.4, 0.5) is 24.7 Å².